The summed E-state index contributed by atoms with van der Waals surface area (Å²) in [5, 5.41) is 3.02. The SMILES string of the molecule is CCN(CC1CCCO1)C(=O)NCc1ccc(OC2CCCCC2)cc1. The van der Waals surface area contributed by atoms with Crippen LogP contribution in [0.25, 0.3) is 0 Å². The normalized spacial score (nSPS) is 20.7. The van der Waals surface area contributed by atoms with Gasteiger partial charge < -0.3 is 19.7 Å². The Kier molecular flexibility index (Phi) is 7.18. The van der Waals surface area contributed by atoms with Gasteiger partial charge in [-0.3, -0.25) is 0 Å². The summed E-state index contributed by atoms with van der Waals surface area (Å²) in [5.74, 6) is 0.931. The Hall–Kier alpha value is -1.75. The smallest absolute Gasteiger partial charge is 0.317 e. The molecule has 26 heavy (non-hydrogen) atoms. The van der Waals surface area contributed by atoms with Crippen molar-refractivity contribution in [1.82, 2.24) is 10.2 Å². The lowest BCUT2D eigenvalue weighted by Gasteiger charge is -2.24. The van der Waals surface area contributed by atoms with Crippen molar-refractivity contribution < 1.29 is 14.3 Å². The molecule has 0 spiro atoms. The Morgan fingerprint density at radius 2 is 1.92 bits per heavy atom. The average molecular weight is 360 g/mol. The number of carbonyl (C=O) groups is 1. The van der Waals surface area contributed by atoms with E-state index in [1.54, 1.807) is 0 Å². The van der Waals surface area contributed by atoms with Crippen molar-refractivity contribution >= 4 is 6.03 Å². The topological polar surface area (TPSA) is 50.8 Å². The second-order valence-corrected chi connectivity index (χ2v) is 7.35. The van der Waals surface area contributed by atoms with Gasteiger partial charge in [-0.05, 0) is 63.1 Å². The summed E-state index contributed by atoms with van der Waals surface area (Å²) in [6.45, 7) is 4.73. The summed E-state index contributed by atoms with van der Waals surface area (Å²) >= 11 is 0. The molecule has 2 aliphatic rings. The van der Waals surface area contributed by atoms with E-state index >= 15 is 0 Å². The number of carbonyl (C=O) groups excluding carboxylic acids is 1. The predicted molar refractivity (Wildman–Crippen MR) is 102 cm³/mol. The largest absolute Gasteiger partial charge is 0.490 e. The minimum atomic E-state index is -0.0227. The maximum absolute atomic E-state index is 12.4. The molecule has 5 nitrogen and oxygen atoms in total. The molecule has 1 saturated carbocycles. The zero-order valence-electron chi connectivity index (χ0n) is 15.9. The second kappa shape index (κ2) is 9.81. The Morgan fingerprint density at radius 3 is 2.58 bits per heavy atom. The zero-order valence-corrected chi connectivity index (χ0v) is 15.9. The van der Waals surface area contributed by atoms with Gasteiger partial charge in [0.25, 0.3) is 0 Å². The molecule has 1 aromatic carbocycles. The number of benzene rings is 1. The van der Waals surface area contributed by atoms with Crippen molar-refractivity contribution in [2.45, 2.75) is 70.6 Å². The van der Waals surface area contributed by atoms with Gasteiger partial charge in [0.05, 0.1) is 12.2 Å². The maximum Gasteiger partial charge on any atom is 0.317 e. The van der Waals surface area contributed by atoms with Crippen LogP contribution < -0.4 is 10.1 Å². The fourth-order valence-corrected chi connectivity index (χ4v) is 3.74. The Morgan fingerprint density at radius 1 is 1.15 bits per heavy atom. The van der Waals surface area contributed by atoms with Crippen LogP contribution in [0.15, 0.2) is 24.3 Å². The van der Waals surface area contributed by atoms with E-state index in [9.17, 15) is 4.79 Å². The van der Waals surface area contributed by atoms with E-state index in [4.69, 9.17) is 9.47 Å². The van der Waals surface area contributed by atoms with Gasteiger partial charge in [0.2, 0.25) is 0 Å². The van der Waals surface area contributed by atoms with Crippen LogP contribution in [-0.4, -0.2) is 42.8 Å². The number of rotatable bonds is 7. The molecule has 144 valence electrons. The maximum atomic E-state index is 12.4. The molecule has 1 atom stereocenters. The highest BCUT2D eigenvalue weighted by atomic mass is 16.5. The van der Waals surface area contributed by atoms with Crippen LogP contribution in [0.2, 0.25) is 0 Å². The third kappa shape index (κ3) is 5.63. The Labute approximate surface area is 157 Å². The van der Waals surface area contributed by atoms with Gasteiger partial charge in [-0.15, -0.1) is 0 Å². The lowest BCUT2D eigenvalue weighted by atomic mass is 9.98. The molecule has 1 aliphatic heterocycles. The van der Waals surface area contributed by atoms with Crippen LogP contribution in [0.4, 0.5) is 4.79 Å². The number of likely N-dealkylation sites (N-methyl/N-ethyl adjacent to an activating group) is 1. The molecule has 0 radical (unpaired) electrons. The molecular formula is C21H32N2O3. The fraction of sp³-hybridized carbons (Fsp3) is 0.667. The lowest BCUT2D eigenvalue weighted by Crippen LogP contribution is -2.43. The molecular weight excluding hydrogens is 328 g/mol. The average Bonchev–Trinajstić information content (AvgIpc) is 3.19. The predicted octanol–water partition coefficient (Wildman–Crippen LogP) is 4.11. The van der Waals surface area contributed by atoms with Crippen LogP contribution in [0.5, 0.6) is 5.75 Å². The van der Waals surface area contributed by atoms with Crippen molar-refractivity contribution in [1.29, 1.82) is 0 Å². The minimum absolute atomic E-state index is 0.0227. The van der Waals surface area contributed by atoms with E-state index < -0.39 is 0 Å². The highest BCUT2D eigenvalue weighted by molar-refractivity contribution is 5.74. The van der Waals surface area contributed by atoms with Gasteiger partial charge in [0.1, 0.15) is 5.75 Å². The molecule has 3 rings (SSSR count). The first-order chi connectivity index (χ1) is 12.7. The molecule has 1 unspecified atom stereocenters. The van der Waals surface area contributed by atoms with Crippen LogP contribution in [0.1, 0.15) is 57.4 Å². The van der Waals surface area contributed by atoms with Crippen molar-refractivity contribution in [3.05, 3.63) is 29.8 Å². The molecule has 0 bridgehead atoms. The number of nitrogens with zero attached hydrogens (tertiary/aromatic N) is 1. The van der Waals surface area contributed by atoms with Gasteiger partial charge in [-0.2, -0.15) is 0 Å². The van der Waals surface area contributed by atoms with Crippen LogP contribution in [0.3, 0.4) is 0 Å². The zero-order chi connectivity index (χ0) is 18.2. The number of nitrogens with one attached hydrogen (secondary N) is 1. The Bertz CT molecular complexity index is 549. The molecule has 2 fully saturated rings. The molecule has 1 heterocycles. The first-order valence-electron chi connectivity index (χ1n) is 10.1. The lowest BCUT2D eigenvalue weighted by molar-refractivity contribution is 0.0826. The van der Waals surface area contributed by atoms with Crippen molar-refractivity contribution in [3.8, 4) is 5.75 Å². The summed E-state index contributed by atoms with van der Waals surface area (Å²) < 4.78 is 11.7. The van der Waals surface area contributed by atoms with Crippen LogP contribution in [-0.2, 0) is 11.3 Å². The van der Waals surface area contributed by atoms with E-state index in [1.807, 2.05) is 36.1 Å². The summed E-state index contributed by atoms with van der Waals surface area (Å²) in [5.41, 5.74) is 1.09. The summed E-state index contributed by atoms with van der Waals surface area (Å²) in [6, 6.07) is 8.08. The standard InChI is InChI=1S/C21H32N2O3/c1-2-23(16-20-9-6-14-25-20)21(24)22-15-17-10-12-19(13-11-17)26-18-7-4-3-5-8-18/h10-13,18,20H,2-9,14-16H2,1H3,(H,22,24). The van der Waals surface area contributed by atoms with Gasteiger partial charge in [-0.1, -0.05) is 18.6 Å². The number of hydrogen-bond acceptors (Lipinski definition) is 3. The molecule has 2 amide bonds. The van der Waals surface area contributed by atoms with Gasteiger partial charge in [-0.25, -0.2) is 4.79 Å². The fourth-order valence-electron chi connectivity index (χ4n) is 3.74. The number of amides is 2. The second-order valence-electron chi connectivity index (χ2n) is 7.35. The minimum Gasteiger partial charge on any atom is -0.490 e. The molecule has 5 heteroatoms. The molecule has 1 aliphatic carbocycles. The quantitative estimate of drug-likeness (QED) is 0.796. The highest BCUT2D eigenvalue weighted by Gasteiger charge is 2.21. The molecule has 1 saturated heterocycles. The summed E-state index contributed by atoms with van der Waals surface area (Å²) in [4.78, 5) is 14.2. The molecule has 1 N–H and O–H groups in total. The summed E-state index contributed by atoms with van der Waals surface area (Å²) in [6.07, 6.45) is 8.90. The highest BCUT2D eigenvalue weighted by Crippen LogP contribution is 2.23. The van der Waals surface area contributed by atoms with E-state index in [2.05, 4.69) is 5.32 Å². The van der Waals surface area contributed by atoms with Crippen LogP contribution >= 0.6 is 0 Å². The van der Waals surface area contributed by atoms with Crippen LogP contribution in [0, 0.1) is 0 Å². The summed E-state index contributed by atoms with van der Waals surface area (Å²) in [7, 11) is 0. The van der Waals surface area contributed by atoms with Crippen molar-refractivity contribution in [2.24, 2.45) is 0 Å². The van der Waals surface area contributed by atoms with Crippen molar-refractivity contribution in [2.75, 3.05) is 19.7 Å². The van der Waals surface area contributed by atoms with Gasteiger partial charge in [0.15, 0.2) is 0 Å². The Balaban J connectivity index is 1.43. The number of ether oxygens (including phenoxy) is 2. The van der Waals surface area contributed by atoms with Gasteiger partial charge in [0, 0.05) is 26.2 Å². The van der Waals surface area contributed by atoms with E-state index in [-0.39, 0.29) is 12.1 Å². The van der Waals surface area contributed by atoms with Crippen molar-refractivity contribution in [3.63, 3.8) is 0 Å². The monoisotopic (exact) mass is 360 g/mol. The molecule has 1 aromatic rings. The molecule has 0 aromatic heterocycles. The van der Waals surface area contributed by atoms with E-state index in [0.717, 1.165) is 43.6 Å². The third-order valence-corrected chi connectivity index (χ3v) is 5.34. The van der Waals surface area contributed by atoms with E-state index in [1.165, 1.54) is 19.3 Å². The number of hydrogen-bond donors (Lipinski definition) is 1. The van der Waals surface area contributed by atoms with Gasteiger partial charge >= 0.3 is 6.03 Å². The number of urea groups is 1. The first-order valence-corrected chi connectivity index (χ1v) is 10.1. The third-order valence-electron chi connectivity index (χ3n) is 5.34. The van der Waals surface area contributed by atoms with E-state index in [0.29, 0.717) is 25.7 Å². The first kappa shape index (κ1) is 19.0.